The molecule has 72 valence electrons. The predicted molar refractivity (Wildman–Crippen MR) is 52.1 cm³/mol. The van der Waals surface area contributed by atoms with Gasteiger partial charge in [0.15, 0.2) is 0 Å². The molecule has 1 aromatic heterocycles. The fraction of sp³-hybridized carbons (Fsp3) is 0.667. The van der Waals surface area contributed by atoms with E-state index < -0.39 is 0 Å². The van der Waals surface area contributed by atoms with Gasteiger partial charge in [0, 0.05) is 26.1 Å². The van der Waals surface area contributed by atoms with Gasteiger partial charge in [-0.1, -0.05) is 20.8 Å². The number of nitrogens with zero attached hydrogens (tertiary/aromatic N) is 1. The highest BCUT2D eigenvalue weighted by Crippen LogP contribution is 1.70. The fourth-order valence-corrected chi connectivity index (χ4v) is 0.419. The molecule has 0 amide bonds. The molecule has 3 heteroatoms. The molecule has 0 saturated heterocycles. The van der Waals surface area contributed by atoms with Gasteiger partial charge in [-0.25, -0.2) is 0 Å². The third-order valence-corrected chi connectivity index (χ3v) is 0.814. The zero-order valence-corrected chi connectivity index (χ0v) is 8.50. The van der Waals surface area contributed by atoms with Crippen LogP contribution in [0.1, 0.15) is 27.2 Å². The number of hydrogen-bond acceptors (Lipinski definition) is 2. The molecule has 0 fully saturated rings. The summed E-state index contributed by atoms with van der Waals surface area (Å²) in [4.78, 5) is 0. The average molecular weight is 172 g/mol. The number of methoxy groups -OCH3 is 1. The molecule has 0 radical (unpaired) electrons. The molecular formula is C9H20N2O. The molecule has 0 aliphatic heterocycles. The van der Waals surface area contributed by atoms with Crippen molar-refractivity contribution in [1.82, 2.24) is 10.2 Å². The zero-order valence-electron chi connectivity index (χ0n) is 8.50. The molecule has 1 heterocycles. The van der Waals surface area contributed by atoms with Gasteiger partial charge >= 0.3 is 0 Å². The first-order valence-electron chi connectivity index (χ1n) is 4.34. The lowest BCUT2D eigenvalue weighted by Crippen LogP contribution is -1.80. The smallest absolute Gasteiger partial charge is 0.0487 e. The molecule has 0 aliphatic rings. The van der Waals surface area contributed by atoms with Crippen molar-refractivity contribution in [2.45, 2.75) is 27.2 Å². The summed E-state index contributed by atoms with van der Waals surface area (Å²) in [5.41, 5.74) is 0. The van der Waals surface area contributed by atoms with E-state index in [4.69, 9.17) is 4.74 Å². The van der Waals surface area contributed by atoms with Crippen molar-refractivity contribution in [3.8, 4) is 0 Å². The zero-order chi connectivity index (χ0) is 9.66. The molecule has 0 aliphatic carbocycles. The highest BCUT2D eigenvalue weighted by Gasteiger charge is 1.66. The third kappa shape index (κ3) is 16.1. The second-order valence-electron chi connectivity index (χ2n) is 1.76. The largest absolute Gasteiger partial charge is 0.385 e. The summed E-state index contributed by atoms with van der Waals surface area (Å²) in [6.45, 7) is 6.98. The van der Waals surface area contributed by atoms with Gasteiger partial charge in [-0.3, -0.25) is 5.10 Å². The Morgan fingerprint density at radius 2 is 2.08 bits per heavy atom. The molecule has 1 aromatic rings. The van der Waals surface area contributed by atoms with Gasteiger partial charge in [0.05, 0.1) is 0 Å². The van der Waals surface area contributed by atoms with Gasteiger partial charge < -0.3 is 4.74 Å². The topological polar surface area (TPSA) is 37.9 Å². The van der Waals surface area contributed by atoms with E-state index >= 15 is 0 Å². The lowest BCUT2D eigenvalue weighted by Gasteiger charge is -1.84. The maximum absolute atomic E-state index is 4.69. The van der Waals surface area contributed by atoms with Crippen LogP contribution in [0.5, 0.6) is 0 Å². The van der Waals surface area contributed by atoms with Crippen molar-refractivity contribution in [3.05, 3.63) is 18.5 Å². The van der Waals surface area contributed by atoms with E-state index in [1.165, 1.54) is 0 Å². The van der Waals surface area contributed by atoms with Crippen LogP contribution in [0, 0.1) is 0 Å². The van der Waals surface area contributed by atoms with Crippen LogP contribution in [0.15, 0.2) is 18.5 Å². The molecule has 3 nitrogen and oxygen atoms in total. The minimum atomic E-state index is 0.889. The van der Waals surface area contributed by atoms with Crippen molar-refractivity contribution in [2.75, 3.05) is 13.7 Å². The van der Waals surface area contributed by atoms with Crippen LogP contribution in [0.25, 0.3) is 0 Å². The van der Waals surface area contributed by atoms with Crippen LogP contribution in [0.2, 0.25) is 0 Å². The monoisotopic (exact) mass is 172 g/mol. The molecule has 0 atom stereocenters. The minimum Gasteiger partial charge on any atom is -0.385 e. The highest BCUT2D eigenvalue weighted by atomic mass is 16.5. The molecule has 0 bridgehead atoms. The van der Waals surface area contributed by atoms with E-state index in [0.29, 0.717) is 0 Å². The van der Waals surface area contributed by atoms with Crippen molar-refractivity contribution in [1.29, 1.82) is 0 Å². The third-order valence-electron chi connectivity index (χ3n) is 0.814. The van der Waals surface area contributed by atoms with Gasteiger partial charge in [-0.05, 0) is 12.5 Å². The van der Waals surface area contributed by atoms with E-state index in [0.717, 1.165) is 13.0 Å². The minimum absolute atomic E-state index is 0.889. The number of nitrogens with one attached hydrogen (secondary N) is 1. The Kier molecular flexibility index (Phi) is 19.0. The first-order valence-corrected chi connectivity index (χ1v) is 4.34. The molecule has 0 aromatic carbocycles. The Morgan fingerprint density at radius 3 is 2.17 bits per heavy atom. The number of rotatable bonds is 2. The van der Waals surface area contributed by atoms with Crippen molar-refractivity contribution >= 4 is 0 Å². The molecule has 1 rings (SSSR count). The summed E-state index contributed by atoms with van der Waals surface area (Å²) >= 11 is 0. The number of aromatic amines is 1. The van der Waals surface area contributed by atoms with E-state index in [-0.39, 0.29) is 0 Å². The van der Waals surface area contributed by atoms with Crippen LogP contribution in [0.3, 0.4) is 0 Å². The van der Waals surface area contributed by atoms with Crippen molar-refractivity contribution < 1.29 is 4.74 Å². The molecular weight excluding hydrogens is 152 g/mol. The van der Waals surface area contributed by atoms with Crippen LogP contribution >= 0.6 is 0 Å². The highest BCUT2D eigenvalue weighted by molar-refractivity contribution is 4.72. The SMILES string of the molecule is CC.CCCOC.c1cn[nH]c1. The van der Waals surface area contributed by atoms with E-state index in [9.17, 15) is 0 Å². The van der Waals surface area contributed by atoms with E-state index in [2.05, 4.69) is 17.1 Å². The Morgan fingerprint density at radius 1 is 1.42 bits per heavy atom. The lowest BCUT2D eigenvalue weighted by molar-refractivity contribution is 0.199. The number of hydrogen-bond donors (Lipinski definition) is 1. The number of H-pyrrole nitrogens is 1. The van der Waals surface area contributed by atoms with Crippen molar-refractivity contribution in [2.24, 2.45) is 0 Å². The Bertz CT molecular complexity index is 98.9. The van der Waals surface area contributed by atoms with Gasteiger partial charge in [-0.15, -0.1) is 0 Å². The Balaban J connectivity index is 0. The standard InChI is InChI=1S/C4H10O.C3H4N2.C2H6/c1-3-4-5-2;1-2-4-5-3-1;1-2/h3-4H2,1-2H3;1-3H,(H,4,5);1-2H3. The maximum Gasteiger partial charge on any atom is 0.0487 e. The van der Waals surface area contributed by atoms with Crippen molar-refractivity contribution in [3.63, 3.8) is 0 Å². The van der Waals surface area contributed by atoms with Crippen LogP contribution < -0.4 is 0 Å². The van der Waals surface area contributed by atoms with Gasteiger partial charge in [0.2, 0.25) is 0 Å². The second-order valence-corrected chi connectivity index (χ2v) is 1.76. The summed E-state index contributed by atoms with van der Waals surface area (Å²) in [7, 11) is 1.71. The fourth-order valence-electron chi connectivity index (χ4n) is 0.419. The summed E-state index contributed by atoms with van der Waals surface area (Å²) in [5.74, 6) is 0. The summed E-state index contributed by atoms with van der Waals surface area (Å²) in [6, 6.07) is 1.83. The molecule has 0 unspecified atom stereocenters. The molecule has 0 saturated carbocycles. The second kappa shape index (κ2) is 16.6. The normalized spacial score (nSPS) is 7.33. The number of aromatic nitrogens is 2. The molecule has 12 heavy (non-hydrogen) atoms. The first kappa shape index (κ1) is 13.7. The summed E-state index contributed by atoms with van der Waals surface area (Å²) < 4.78 is 4.69. The van der Waals surface area contributed by atoms with Crippen LogP contribution in [-0.2, 0) is 4.74 Å². The van der Waals surface area contributed by atoms with Crippen LogP contribution in [-0.4, -0.2) is 23.9 Å². The van der Waals surface area contributed by atoms with E-state index in [1.807, 2.05) is 19.9 Å². The average Bonchev–Trinajstić information content (AvgIpc) is 2.67. The van der Waals surface area contributed by atoms with Gasteiger partial charge in [0.25, 0.3) is 0 Å². The molecule has 0 spiro atoms. The van der Waals surface area contributed by atoms with Gasteiger partial charge in [-0.2, -0.15) is 5.10 Å². The lowest BCUT2D eigenvalue weighted by atomic mass is 10.5. The number of ether oxygens (including phenoxy) is 1. The Labute approximate surface area is 75.1 Å². The summed E-state index contributed by atoms with van der Waals surface area (Å²) in [5, 5.41) is 6.21. The maximum atomic E-state index is 4.69. The predicted octanol–water partition coefficient (Wildman–Crippen LogP) is 2.48. The quantitative estimate of drug-likeness (QED) is 0.744. The first-order chi connectivity index (χ1) is 5.91. The van der Waals surface area contributed by atoms with E-state index in [1.54, 1.807) is 19.5 Å². The summed E-state index contributed by atoms with van der Waals surface area (Å²) in [6.07, 6.45) is 4.58. The van der Waals surface area contributed by atoms with Gasteiger partial charge in [0.1, 0.15) is 0 Å². The molecule has 1 N–H and O–H groups in total. The Hall–Kier alpha value is -0.830. The van der Waals surface area contributed by atoms with Crippen LogP contribution in [0.4, 0.5) is 0 Å².